The van der Waals surface area contributed by atoms with Crippen LogP contribution in [0.15, 0.2) is 47.4 Å². The lowest BCUT2D eigenvalue weighted by atomic mass is 10.2. The Labute approximate surface area is 197 Å². The minimum Gasteiger partial charge on any atom is -0.390 e. The van der Waals surface area contributed by atoms with E-state index >= 15 is 0 Å². The number of ether oxygens (including phenoxy) is 1. The van der Waals surface area contributed by atoms with E-state index in [-0.39, 0.29) is 25.5 Å². The van der Waals surface area contributed by atoms with Crippen molar-refractivity contribution in [2.24, 2.45) is 0 Å². The van der Waals surface area contributed by atoms with Gasteiger partial charge in [0.2, 0.25) is 0 Å². The van der Waals surface area contributed by atoms with Crippen molar-refractivity contribution in [2.45, 2.75) is 44.3 Å². The Kier molecular flexibility index (Phi) is 9.46. The van der Waals surface area contributed by atoms with Crippen LogP contribution in [0.1, 0.15) is 31.1 Å². The number of nitrogens with zero attached hydrogens (tertiary/aromatic N) is 3. The molecule has 0 aliphatic carbocycles. The molecule has 1 aliphatic heterocycles. The Hall–Kier alpha value is -1.78. The van der Waals surface area contributed by atoms with Crippen molar-refractivity contribution in [3.63, 3.8) is 0 Å². The van der Waals surface area contributed by atoms with Gasteiger partial charge in [-0.2, -0.15) is 4.98 Å². The van der Waals surface area contributed by atoms with Crippen LogP contribution in [0.2, 0.25) is 0 Å². The van der Waals surface area contributed by atoms with E-state index in [2.05, 4.69) is 4.98 Å². The van der Waals surface area contributed by atoms with Crippen LogP contribution in [0, 0.1) is 0 Å². The normalized spacial score (nSPS) is 22.5. The number of hydrogen-bond acceptors (Lipinski definition) is 8. The zero-order valence-corrected chi connectivity index (χ0v) is 20.1. The van der Waals surface area contributed by atoms with E-state index in [0.29, 0.717) is 12.4 Å². The first kappa shape index (κ1) is 25.8. The summed E-state index contributed by atoms with van der Waals surface area (Å²) in [5.41, 5.74) is 5.80. The van der Waals surface area contributed by atoms with Crippen molar-refractivity contribution in [1.82, 2.24) is 14.2 Å². The van der Waals surface area contributed by atoms with Crippen LogP contribution >= 0.6 is 19.3 Å². The molecule has 0 amide bonds. The van der Waals surface area contributed by atoms with Gasteiger partial charge in [-0.25, -0.2) is 14.0 Å². The number of aromatic nitrogens is 2. The monoisotopic (exact) mass is 500 g/mol. The molecule has 4 atom stereocenters. The van der Waals surface area contributed by atoms with E-state index in [1.54, 1.807) is 7.05 Å². The molecule has 33 heavy (non-hydrogen) atoms. The molecular weight excluding hydrogens is 471 g/mol. The fourth-order valence-electron chi connectivity index (χ4n) is 3.37. The van der Waals surface area contributed by atoms with Gasteiger partial charge >= 0.3 is 13.4 Å². The zero-order chi connectivity index (χ0) is 23.8. The maximum absolute atomic E-state index is 13.6. The molecule has 3 N–H and O–H groups in total. The first-order valence-electron chi connectivity index (χ1n) is 10.7. The summed E-state index contributed by atoms with van der Waals surface area (Å²) >= 11 is 5.76. The number of halogens is 1. The van der Waals surface area contributed by atoms with E-state index in [0.717, 1.165) is 18.4 Å². The predicted molar refractivity (Wildman–Crippen MR) is 125 cm³/mol. The highest BCUT2D eigenvalue weighted by molar-refractivity contribution is 7.51. The second-order valence-corrected chi connectivity index (χ2v) is 10.3. The van der Waals surface area contributed by atoms with Crippen molar-refractivity contribution in [2.75, 3.05) is 31.8 Å². The van der Waals surface area contributed by atoms with E-state index in [9.17, 15) is 14.5 Å². The molecule has 1 aromatic heterocycles. The minimum atomic E-state index is -3.70. The van der Waals surface area contributed by atoms with Gasteiger partial charge in [0, 0.05) is 25.0 Å². The molecule has 12 heteroatoms. The number of anilines is 1. The molecule has 0 bridgehead atoms. The highest BCUT2D eigenvalue weighted by atomic mass is 35.5. The molecule has 2 heterocycles. The summed E-state index contributed by atoms with van der Waals surface area (Å²) in [6.07, 6.45) is 0.637. The topological polar surface area (TPSA) is 129 Å². The molecule has 0 spiro atoms. The van der Waals surface area contributed by atoms with Gasteiger partial charge in [0.1, 0.15) is 18.1 Å². The van der Waals surface area contributed by atoms with Gasteiger partial charge in [-0.1, -0.05) is 30.3 Å². The van der Waals surface area contributed by atoms with Crippen LogP contribution in [0.3, 0.4) is 0 Å². The number of alkyl halides is 1. The van der Waals surface area contributed by atoms with E-state index in [1.807, 2.05) is 30.3 Å². The summed E-state index contributed by atoms with van der Waals surface area (Å²) in [5, 5.41) is 10.5. The van der Waals surface area contributed by atoms with Crippen LogP contribution in [-0.2, 0) is 25.0 Å². The van der Waals surface area contributed by atoms with Crippen molar-refractivity contribution < 1.29 is 23.5 Å². The highest BCUT2D eigenvalue weighted by Gasteiger charge is 2.39. The number of hydrogen-bond donors (Lipinski definition) is 2. The number of aliphatic hydroxyl groups excluding tert-OH is 1. The summed E-state index contributed by atoms with van der Waals surface area (Å²) < 4.78 is 33.7. The Morgan fingerprint density at radius 3 is 2.76 bits per heavy atom. The second-order valence-electron chi connectivity index (χ2n) is 7.78. The fraction of sp³-hybridized carbons (Fsp3) is 0.524. The second kappa shape index (κ2) is 12.1. The summed E-state index contributed by atoms with van der Waals surface area (Å²) in [6.45, 7) is 0.379. The maximum Gasteiger partial charge on any atom is 0.408 e. The number of nitrogens with two attached hydrogens (primary N) is 1. The van der Waals surface area contributed by atoms with Gasteiger partial charge in [0.15, 0.2) is 0 Å². The van der Waals surface area contributed by atoms with Crippen molar-refractivity contribution in [1.29, 1.82) is 0 Å². The van der Waals surface area contributed by atoms with E-state index in [1.165, 1.54) is 21.5 Å². The Bertz CT molecular complexity index is 994. The molecule has 1 aliphatic rings. The van der Waals surface area contributed by atoms with Crippen LogP contribution in [0.4, 0.5) is 5.82 Å². The summed E-state index contributed by atoms with van der Waals surface area (Å²) in [5.74, 6) is 0.607. The number of unbranched alkanes of at least 4 members (excludes halogenated alkanes) is 1. The molecule has 1 aromatic carbocycles. The average Bonchev–Trinajstić information content (AvgIpc) is 3.17. The fourth-order valence-corrected chi connectivity index (χ4v) is 5.06. The SMILES string of the molecule is CN(CCCCCl)P(=O)(OCc1ccccc1)OC[C@H]1O[C@@H](n2ccc(N)nc2=O)C[C@@H]1O. The van der Waals surface area contributed by atoms with Gasteiger partial charge in [0.05, 0.1) is 19.3 Å². The van der Waals surface area contributed by atoms with Crippen LogP contribution in [0.25, 0.3) is 0 Å². The molecule has 10 nitrogen and oxygen atoms in total. The molecule has 3 rings (SSSR count). The lowest BCUT2D eigenvalue weighted by Gasteiger charge is -2.28. The van der Waals surface area contributed by atoms with Crippen molar-refractivity contribution >= 4 is 25.2 Å². The summed E-state index contributed by atoms with van der Waals surface area (Å²) in [4.78, 5) is 15.8. The number of benzene rings is 1. The molecule has 0 saturated carbocycles. The van der Waals surface area contributed by atoms with Crippen molar-refractivity contribution in [3.05, 3.63) is 58.6 Å². The zero-order valence-electron chi connectivity index (χ0n) is 18.5. The van der Waals surface area contributed by atoms with Crippen LogP contribution in [-0.4, -0.2) is 57.6 Å². The van der Waals surface area contributed by atoms with Gasteiger partial charge in [-0.15, -0.1) is 11.6 Å². The predicted octanol–water partition coefficient (Wildman–Crippen LogP) is 2.77. The van der Waals surface area contributed by atoms with Gasteiger partial charge < -0.3 is 15.6 Å². The first-order valence-corrected chi connectivity index (χ1v) is 12.7. The van der Waals surface area contributed by atoms with Crippen molar-refractivity contribution in [3.8, 4) is 0 Å². The van der Waals surface area contributed by atoms with Crippen LogP contribution < -0.4 is 11.4 Å². The number of rotatable bonds is 12. The first-order chi connectivity index (χ1) is 15.8. The lowest BCUT2D eigenvalue weighted by molar-refractivity contribution is -0.0454. The van der Waals surface area contributed by atoms with Crippen LogP contribution in [0.5, 0.6) is 0 Å². The highest BCUT2D eigenvalue weighted by Crippen LogP contribution is 2.52. The molecule has 182 valence electrons. The average molecular weight is 501 g/mol. The minimum absolute atomic E-state index is 0.0984. The molecule has 0 radical (unpaired) electrons. The van der Waals surface area contributed by atoms with E-state index in [4.69, 9.17) is 31.1 Å². The molecule has 1 saturated heterocycles. The van der Waals surface area contributed by atoms with E-state index < -0.39 is 31.9 Å². The smallest absolute Gasteiger partial charge is 0.390 e. The maximum atomic E-state index is 13.6. The third kappa shape index (κ3) is 7.10. The molecule has 1 fully saturated rings. The molecular formula is C21H30ClN4O6P. The van der Waals surface area contributed by atoms with Gasteiger partial charge in [-0.05, 0) is 31.5 Å². The Balaban J connectivity index is 1.66. The molecule has 2 aromatic rings. The Morgan fingerprint density at radius 1 is 1.30 bits per heavy atom. The third-order valence-corrected chi connectivity index (χ3v) is 7.52. The largest absolute Gasteiger partial charge is 0.408 e. The van der Waals surface area contributed by atoms with Gasteiger partial charge in [-0.3, -0.25) is 13.6 Å². The summed E-state index contributed by atoms with van der Waals surface area (Å²) in [7, 11) is -2.04. The Morgan fingerprint density at radius 2 is 2.06 bits per heavy atom. The quantitative estimate of drug-likeness (QED) is 0.256. The lowest BCUT2D eigenvalue weighted by Crippen LogP contribution is -2.29. The number of nitrogen functional groups attached to an aromatic ring is 1. The standard InChI is InChI=1S/C21H30ClN4O6P/c1-25(11-6-5-10-22)33(29,30-14-16-7-3-2-4-8-16)31-15-18-17(27)13-20(32-18)26-12-9-19(23)24-21(26)28/h2-4,7-9,12,17-18,20,27H,5-6,10-11,13-15H2,1H3,(H2,23,24,28)/t17-,18+,20+,33?/m0/s1. The number of aliphatic hydroxyl groups is 1. The van der Waals surface area contributed by atoms with Gasteiger partial charge in [0.25, 0.3) is 0 Å². The summed E-state index contributed by atoms with van der Waals surface area (Å²) in [6, 6.07) is 10.8. The third-order valence-electron chi connectivity index (χ3n) is 5.29. The molecule has 1 unspecified atom stereocenters.